The van der Waals surface area contributed by atoms with E-state index < -0.39 is 0 Å². The molecule has 0 saturated heterocycles. The van der Waals surface area contributed by atoms with Crippen molar-refractivity contribution >= 4 is 0 Å². The highest BCUT2D eigenvalue weighted by Crippen LogP contribution is 2.58. The summed E-state index contributed by atoms with van der Waals surface area (Å²) in [6.45, 7) is 5.76. The molecule has 0 bridgehead atoms. The van der Waals surface area contributed by atoms with Crippen LogP contribution >= 0.6 is 0 Å². The first-order valence-electron chi connectivity index (χ1n) is 6.77. The number of aromatic nitrogens is 3. The second-order valence-electron chi connectivity index (χ2n) is 6.18. The third kappa shape index (κ3) is 1.63. The van der Waals surface area contributed by atoms with Crippen molar-refractivity contribution in [3.8, 4) is 5.69 Å². The molecule has 1 aliphatic heterocycles. The van der Waals surface area contributed by atoms with Crippen molar-refractivity contribution in [2.75, 3.05) is 0 Å². The standard InChI is InChI=1S/C15H17N3O/c1-15(2)7-11(15)14-17-16-13-9-19-8-10-5-3-4-6-12(10)18(13)14/h3-6,11H,7-9H2,1-2H3. The van der Waals surface area contributed by atoms with E-state index in [1.54, 1.807) is 0 Å². The van der Waals surface area contributed by atoms with E-state index in [-0.39, 0.29) is 0 Å². The average molecular weight is 255 g/mol. The van der Waals surface area contributed by atoms with Gasteiger partial charge in [0, 0.05) is 11.5 Å². The number of benzene rings is 1. The molecule has 4 nitrogen and oxygen atoms in total. The van der Waals surface area contributed by atoms with Crippen LogP contribution in [0.5, 0.6) is 0 Å². The van der Waals surface area contributed by atoms with E-state index >= 15 is 0 Å². The molecule has 1 unspecified atom stereocenters. The van der Waals surface area contributed by atoms with E-state index in [2.05, 4.69) is 52.9 Å². The molecule has 19 heavy (non-hydrogen) atoms. The predicted molar refractivity (Wildman–Crippen MR) is 71.0 cm³/mol. The van der Waals surface area contributed by atoms with Gasteiger partial charge in [-0.2, -0.15) is 0 Å². The van der Waals surface area contributed by atoms with Gasteiger partial charge >= 0.3 is 0 Å². The van der Waals surface area contributed by atoms with E-state index in [9.17, 15) is 0 Å². The second kappa shape index (κ2) is 3.67. The molecule has 1 fully saturated rings. The summed E-state index contributed by atoms with van der Waals surface area (Å²) in [5.41, 5.74) is 2.74. The molecule has 0 amide bonds. The van der Waals surface area contributed by atoms with Crippen molar-refractivity contribution in [1.29, 1.82) is 0 Å². The Hall–Kier alpha value is -1.68. The normalized spacial score (nSPS) is 23.4. The lowest BCUT2D eigenvalue weighted by Crippen LogP contribution is -2.06. The molecule has 0 N–H and O–H groups in total. The molecule has 4 heteroatoms. The first-order valence-corrected chi connectivity index (χ1v) is 6.77. The van der Waals surface area contributed by atoms with Crippen molar-refractivity contribution in [2.45, 2.75) is 39.4 Å². The quantitative estimate of drug-likeness (QED) is 0.786. The molecule has 4 rings (SSSR count). The van der Waals surface area contributed by atoms with Crippen molar-refractivity contribution in [1.82, 2.24) is 14.8 Å². The molecule has 2 heterocycles. The third-order valence-electron chi connectivity index (χ3n) is 4.30. The number of rotatable bonds is 1. The second-order valence-corrected chi connectivity index (χ2v) is 6.18. The van der Waals surface area contributed by atoms with Crippen LogP contribution < -0.4 is 0 Å². The lowest BCUT2D eigenvalue weighted by atomic mass is 10.1. The highest BCUT2D eigenvalue weighted by molar-refractivity contribution is 5.44. The maximum atomic E-state index is 5.69. The SMILES string of the molecule is CC1(C)CC1c1nnc2n1-c1ccccc1COC2. The van der Waals surface area contributed by atoms with Crippen LogP contribution in [0, 0.1) is 5.41 Å². The zero-order valence-corrected chi connectivity index (χ0v) is 11.3. The lowest BCUT2D eigenvalue weighted by Gasteiger charge is -2.11. The minimum atomic E-state index is 0.353. The molecule has 1 saturated carbocycles. The van der Waals surface area contributed by atoms with Crippen LogP contribution in [0.15, 0.2) is 24.3 Å². The Bertz CT molecular complexity index is 645. The van der Waals surface area contributed by atoms with E-state index in [1.807, 2.05) is 0 Å². The van der Waals surface area contributed by atoms with Gasteiger partial charge in [0.15, 0.2) is 5.82 Å². The number of hydrogen-bond donors (Lipinski definition) is 0. The first-order chi connectivity index (χ1) is 9.17. The molecule has 98 valence electrons. The molecule has 0 radical (unpaired) electrons. The molecule has 1 atom stereocenters. The highest BCUT2D eigenvalue weighted by atomic mass is 16.5. The van der Waals surface area contributed by atoms with Crippen LogP contribution in [0.4, 0.5) is 0 Å². The monoisotopic (exact) mass is 255 g/mol. The molecule has 0 spiro atoms. The minimum absolute atomic E-state index is 0.353. The largest absolute Gasteiger partial charge is 0.369 e. The van der Waals surface area contributed by atoms with Gasteiger partial charge in [0.2, 0.25) is 0 Å². The van der Waals surface area contributed by atoms with Gasteiger partial charge in [-0.15, -0.1) is 10.2 Å². The maximum absolute atomic E-state index is 5.69. The van der Waals surface area contributed by atoms with Crippen LogP contribution in [0.3, 0.4) is 0 Å². The van der Waals surface area contributed by atoms with Gasteiger partial charge in [-0.25, -0.2) is 0 Å². The van der Waals surface area contributed by atoms with E-state index in [0.717, 1.165) is 11.6 Å². The Labute approximate surface area is 112 Å². The van der Waals surface area contributed by atoms with Gasteiger partial charge in [-0.1, -0.05) is 32.0 Å². The Morgan fingerprint density at radius 2 is 2.00 bits per heavy atom. The fraction of sp³-hybridized carbons (Fsp3) is 0.467. The number of hydrogen-bond acceptors (Lipinski definition) is 3. The van der Waals surface area contributed by atoms with E-state index in [4.69, 9.17) is 4.74 Å². The summed E-state index contributed by atoms with van der Waals surface area (Å²) in [5, 5.41) is 8.76. The fourth-order valence-electron chi connectivity index (χ4n) is 2.92. The summed E-state index contributed by atoms with van der Waals surface area (Å²) in [4.78, 5) is 0. The summed E-state index contributed by atoms with van der Waals surface area (Å²) in [6.07, 6.45) is 1.19. The molecule has 1 aromatic heterocycles. The van der Waals surface area contributed by atoms with Gasteiger partial charge in [-0.3, -0.25) is 4.57 Å². The molecule has 1 aliphatic carbocycles. The number of ether oxygens (including phenoxy) is 1. The van der Waals surface area contributed by atoms with Crippen LogP contribution in [-0.4, -0.2) is 14.8 Å². The lowest BCUT2D eigenvalue weighted by molar-refractivity contribution is 0.105. The first kappa shape index (κ1) is 11.2. The Morgan fingerprint density at radius 3 is 2.79 bits per heavy atom. The van der Waals surface area contributed by atoms with Gasteiger partial charge < -0.3 is 4.74 Å². The number of nitrogens with zero attached hydrogens (tertiary/aromatic N) is 3. The molecular weight excluding hydrogens is 238 g/mol. The molecule has 2 aromatic rings. The summed E-state index contributed by atoms with van der Waals surface area (Å²) in [7, 11) is 0. The molecule has 1 aromatic carbocycles. The molecule has 2 aliphatic rings. The predicted octanol–water partition coefficient (Wildman–Crippen LogP) is 2.81. The number of fused-ring (bicyclic) bond motifs is 3. The highest BCUT2D eigenvalue weighted by Gasteiger charge is 2.50. The zero-order chi connectivity index (χ0) is 13.0. The maximum Gasteiger partial charge on any atom is 0.163 e. The van der Waals surface area contributed by atoms with Crippen LogP contribution in [0.1, 0.15) is 43.4 Å². The summed E-state index contributed by atoms with van der Waals surface area (Å²) >= 11 is 0. The topological polar surface area (TPSA) is 39.9 Å². The Morgan fingerprint density at radius 1 is 1.21 bits per heavy atom. The fourth-order valence-corrected chi connectivity index (χ4v) is 2.92. The number of para-hydroxylation sites is 1. The summed E-state index contributed by atoms with van der Waals surface area (Å²) in [5.74, 6) is 2.53. The smallest absolute Gasteiger partial charge is 0.163 e. The van der Waals surface area contributed by atoms with Crippen molar-refractivity contribution in [3.63, 3.8) is 0 Å². The summed E-state index contributed by atoms with van der Waals surface area (Å²) < 4.78 is 7.90. The van der Waals surface area contributed by atoms with Crippen molar-refractivity contribution in [3.05, 3.63) is 41.5 Å². The summed E-state index contributed by atoms with van der Waals surface area (Å²) in [6, 6.07) is 8.37. The van der Waals surface area contributed by atoms with Crippen molar-refractivity contribution < 1.29 is 4.74 Å². The van der Waals surface area contributed by atoms with Gasteiger partial charge in [-0.05, 0) is 17.9 Å². The zero-order valence-electron chi connectivity index (χ0n) is 11.3. The minimum Gasteiger partial charge on any atom is -0.369 e. The Balaban J connectivity index is 1.91. The van der Waals surface area contributed by atoms with Crippen LogP contribution in [-0.2, 0) is 18.0 Å². The molecular formula is C15H17N3O. The van der Waals surface area contributed by atoms with E-state index in [1.165, 1.54) is 17.7 Å². The van der Waals surface area contributed by atoms with Gasteiger partial charge in [0.05, 0.1) is 12.3 Å². The van der Waals surface area contributed by atoms with Gasteiger partial charge in [0.1, 0.15) is 12.4 Å². The Kier molecular flexibility index (Phi) is 2.16. The van der Waals surface area contributed by atoms with Crippen LogP contribution in [0.25, 0.3) is 5.69 Å². The van der Waals surface area contributed by atoms with E-state index in [0.29, 0.717) is 24.5 Å². The van der Waals surface area contributed by atoms with Crippen LogP contribution in [0.2, 0.25) is 0 Å². The average Bonchev–Trinajstić information content (AvgIpc) is 2.90. The van der Waals surface area contributed by atoms with Crippen molar-refractivity contribution in [2.24, 2.45) is 5.41 Å². The van der Waals surface area contributed by atoms with Gasteiger partial charge in [0.25, 0.3) is 0 Å². The third-order valence-corrected chi connectivity index (χ3v) is 4.30.